The van der Waals surface area contributed by atoms with Crippen LogP contribution in [-0.4, -0.2) is 20.4 Å². The molecule has 3 rings (SSSR count). The first kappa shape index (κ1) is 14.6. The molecule has 0 aliphatic rings. The summed E-state index contributed by atoms with van der Waals surface area (Å²) in [6, 6.07) is 19.6. The summed E-state index contributed by atoms with van der Waals surface area (Å²) in [6.45, 7) is 0. The second-order valence-corrected chi connectivity index (χ2v) is 4.97. The van der Waals surface area contributed by atoms with Gasteiger partial charge in [-0.1, -0.05) is 36.4 Å². The van der Waals surface area contributed by atoms with Crippen molar-refractivity contribution in [2.24, 2.45) is 0 Å². The first-order chi connectivity index (χ1) is 11.1. The number of rotatable bonds is 3. The Kier molecular flexibility index (Phi) is 3.68. The van der Waals surface area contributed by atoms with E-state index in [-0.39, 0.29) is 5.69 Å². The zero-order chi connectivity index (χ0) is 16.4. The van der Waals surface area contributed by atoms with Crippen molar-refractivity contribution in [3.63, 3.8) is 0 Å². The van der Waals surface area contributed by atoms with Crippen LogP contribution >= 0.6 is 0 Å². The molecule has 0 amide bonds. The maximum atomic E-state index is 10.2. The highest BCUT2D eigenvalue weighted by Gasteiger charge is 2.22. The number of nitrogens with zero attached hydrogens (tertiary/aromatic N) is 1. The molecule has 116 valence electrons. The van der Waals surface area contributed by atoms with Gasteiger partial charge in [-0.25, -0.2) is 0 Å². The van der Waals surface area contributed by atoms with Crippen LogP contribution in [0.25, 0.3) is 0 Å². The highest BCUT2D eigenvalue weighted by atomic mass is 16.3. The van der Waals surface area contributed by atoms with Crippen LogP contribution in [0.4, 0.5) is 17.1 Å². The molecule has 0 bridgehead atoms. The van der Waals surface area contributed by atoms with Gasteiger partial charge < -0.3 is 25.3 Å². The number of anilines is 3. The second-order valence-electron chi connectivity index (χ2n) is 4.97. The molecule has 4 N–H and O–H groups in total. The summed E-state index contributed by atoms with van der Waals surface area (Å²) in [5.74, 6) is -2.57. The number of aromatic hydroxyl groups is 4. The molecule has 3 aromatic carbocycles. The minimum Gasteiger partial charge on any atom is -0.504 e. The zero-order valence-electron chi connectivity index (χ0n) is 12.1. The van der Waals surface area contributed by atoms with Gasteiger partial charge in [0, 0.05) is 17.4 Å². The van der Waals surface area contributed by atoms with Crippen molar-refractivity contribution in [1.29, 1.82) is 0 Å². The summed E-state index contributed by atoms with van der Waals surface area (Å²) < 4.78 is 0. The zero-order valence-corrected chi connectivity index (χ0v) is 12.1. The lowest BCUT2D eigenvalue weighted by Crippen LogP contribution is -2.09. The molecule has 5 nitrogen and oxygen atoms in total. The minimum atomic E-state index is -0.767. The summed E-state index contributed by atoms with van der Waals surface area (Å²) in [4.78, 5) is 1.66. The molecule has 0 radical (unpaired) electrons. The molecule has 0 atom stereocenters. The molecule has 0 unspecified atom stereocenters. The molecule has 5 heteroatoms. The molecule has 23 heavy (non-hydrogen) atoms. The third-order valence-electron chi connectivity index (χ3n) is 3.48. The van der Waals surface area contributed by atoms with Crippen LogP contribution in [0.1, 0.15) is 0 Å². The maximum Gasteiger partial charge on any atom is 0.206 e. The van der Waals surface area contributed by atoms with E-state index in [4.69, 9.17) is 0 Å². The van der Waals surface area contributed by atoms with Gasteiger partial charge in [-0.15, -0.1) is 0 Å². The van der Waals surface area contributed by atoms with E-state index in [1.54, 1.807) is 4.90 Å². The van der Waals surface area contributed by atoms with Crippen molar-refractivity contribution in [1.82, 2.24) is 0 Å². The van der Waals surface area contributed by atoms with Crippen molar-refractivity contribution in [3.05, 3.63) is 66.7 Å². The predicted octanol–water partition coefficient (Wildman–Crippen LogP) is 3.98. The first-order valence-electron chi connectivity index (χ1n) is 6.96. The maximum absolute atomic E-state index is 10.2. The second kappa shape index (κ2) is 5.81. The molecule has 0 spiro atoms. The van der Waals surface area contributed by atoms with Gasteiger partial charge in [-0.2, -0.15) is 0 Å². The normalized spacial score (nSPS) is 10.4. The van der Waals surface area contributed by atoms with Gasteiger partial charge in [0.1, 0.15) is 0 Å². The van der Waals surface area contributed by atoms with Gasteiger partial charge in [-0.05, 0) is 24.3 Å². The third-order valence-corrected chi connectivity index (χ3v) is 3.48. The van der Waals surface area contributed by atoms with Gasteiger partial charge in [-0.3, -0.25) is 0 Å². The molecule has 0 saturated heterocycles. The standard InChI is InChI=1S/C18H15NO4/c20-15-11-14(16(21)18(23)17(15)22)19(12-7-3-1-4-8-12)13-9-5-2-6-10-13/h1-11,20-23H. The van der Waals surface area contributed by atoms with E-state index >= 15 is 0 Å². The molecule has 0 aliphatic carbocycles. The number of para-hydroxylation sites is 2. The molecule has 0 fully saturated rings. The van der Waals surface area contributed by atoms with Crippen LogP contribution in [0, 0.1) is 0 Å². The quantitative estimate of drug-likeness (QED) is 0.434. The largest absolute Gasteiger partial charge is 0.504 e. The molecule has 0 aromatic heterocycles. The molecule has 0 heterocycles. The Hall–Kier alpha value is -3.34. The number of phenols is 4. The Labute approximate surface area is 132 Å². The lowest BCUT2D eigenvalue weighted by Gasteiger charge is -2.26. The van der Waals surface area contributed by atoms with Crippen molar-refractivity contribution in [2.75, 3.05) is 4.90 Å². The fourth-order valence-corrected chi connectivity index (χ4v) is 2.37. The van der Waals surface area contributed by atoms with E-state index in [0.29, 0.717) is 0 Å². The van der Waals surface area contributed by atoms with Crippen LogP contribution in [0.2, 0.25) is 0 Å². The van der Waals surface area contributed by atoms with Gasteiger partial charge in [0.25, 0.3) is 0 Å². The van der Waals surface area contributed by atoms with E-state index < -0.39 is 23.0 Å². The van der Waals surface area contributed by atoms with Crippen LogP contribution in [0.15, 0.2) is 66.7 Å². The smallest absolute Gasteiger partial charge is 0.206 e. The first-order valence-corrected chi connectivity index (χ1v) is 6.96. The Morgan fingerprint density at radius 1 is 0.565 bits per heavy atom. The summed E-state index contributed by atoms with van der Waals surface area (Å²) in [5, 5.41) is 39.4. The summed E-state index contributed by atoms with van der Waals surface area (Å²) >= 11 is 0. The number of benzene rings is 3. The Morgan fingerprint density at radius 3 is 1.52 bits per heavy atom. The van der Waals surface area contributed by atoms with Gasteiger partial charge in [0.2, 0.25) is 11.5 Å². The van der Waals surface area contributed by atoms with Crippen molar-refractivity contribution >= 4 is 17.1 Å². The van der Waals surface area contributed by atoms with E-state index in [1.165, 1.54) is 6.07 Å². The number of hydrogen-bond acceptors (Lipinski definition) is 5. The average molecular weight is 309 g/mol. The topological polar surface area (TPSA) is 84.2 Å². The fourth-order valence-electron chi connectivity index (χ4n) is 2.37. The van der Waals surface area contributed by atoms with Crippen LogP contribution in [0.3, 0.4) is 0 Å². The lowest BCUT2D eigenvalue weighted by molar-refractivity contribution is 0.346. The molecule has 0 aliphatic heterocycles. The number of hydrogen-bond donors (Lipinski definition) is 4. The van der Waals surface area contributed by atoms with E-state index in [2.05, 4.69) is 0 Å². The molecular formula is C18H15NO4. The van der Waals surface area contributed by atoms with Gasteiger partial charge >= 0.3 is 0 Å². The van der Waals surface area contributed by atoms with Crippen molar-refractivity contribution in [3.8, 4) is 23.0 Å². The predicted molar refractivity (Wildman–Crippen MR) is 87.8 cm³/mol. The SMILES string of the molecule is Oc1cc(N(c2ccccc2)c2ccccc2)c(O)c(O)c1O. The third kappa shape index (κ3) is 2.60. The van der Waals surface area contributed by atoms with Crippen LogP contribution in [-0.2, 0) is 0 Å². The average Bonchev–Trinajstić information content (AvgIpc) is 2.60. The van der Waals surface area contributed by atoms with E-state index in [0.717, 1.165) is 11.4 Å². The van der Waals surface area contributed by atoms with Gasteiger partial charge in [0.05, 0.1) is 5.69 Å². The number of phenolic OH excluding ortho intramolecular Hbond substituents is 4. The summed E-state index contributed by atoms with van der Waals surface area (Å²) in [7, 11) is 0. The molecule has 3 aromatic rings. The van der Waals surface area contributed by atoms with Gasteiger partial charge in [0.15, 0.2) is 11.5 Å². The van der Waals surface area contributed by atoms with Crippen LogP contribution in [0.5, 0.6) is 23.0 Å². The molecule has 0 saturated carbocycles. The fraction of sp³-hybridized carbons (Fsp3) is 0. The highest BCUT2D eigenvalue weighted by molar-refractivity contribution is 5.84. The highest BCUT2D eigenvalue weighted by Crippen LogP contribution is 2.51. The lowest BCUT2D eigenvalue weighted by atomic mass is 10.1. The van der Waals surface area contributed by atoms with E-state index in [1.807, 2.05) is 60.7 Å². The van der Waals surface area contributed by atoms with Crippen molar-refractivity contribution < 1.29 is 20.4 Å². The minimum absolute atomic E-state index is 0.148. The Bertz CT molecular complexity index is 780. The summed E-state index contributed by atoms with van der Waals surface area (Å²) in [6.07, 6.45) is 0. The van der Waals surface area contributed by atoms with Crippen LogP contribution < -0.4 is 4.90 Å². The Morgan fingerprint density at radius 2 is 1.04 bits per heavy atom. The monoisotopic (exact) mass is 309 g/mol. The summed E-state index contributed by atoms with van der Waals surface area (Å²) in [5.41, 5.74) is 1.59. The Balaban J connectivity index is 2.26. The molecular weight excluding hydrogens is 294 g/mol. The van der Waals surface area contributed by atoms with E-state index in [9.17, 15) is 20.4 Å². The van der Waals surface area contributed by atoms with Crippen molar-refractivity contribution in [2.45, 2.75) is 0 Å².